The summed E-state index contributed by atoms with van der Waals surface area (Å²) >= 11 is 0. The molecule has 1 nitrogen and oxygen atoms in total. The second-order valence-electron chi connectivity index (χ2n) is 6.07. The van der Waals surface area contributed by atoms with Crippen LogP contribution in [0.3, 0.4) is 0 Å². The van der Waals surface area contributed by atoms with Crippen LogP contribution in [0.25, 0.3) is 6.08 Å². The fourth-order valence-electron chi connectivity index (χ4n) is 2.85. The molecule has 0 heterocycles. The largest absolute Gasteiger partial charge is 0.493 e. The van der Waals surface area contributed by atoms with E-state index in [0.717, 1.165) is 25.2 Å². The summed E-state index contributed by atoms with van der Waals surface area (Å²) in [6, 6.07) is 10.9. The molecule has 1 heteroatoms. The summed E-state index contributed by atoms with van der Waals surface area (Å²) in [6.07, 6.45) is 4.02. The molecular weight excluding hydrogens is 268 g/mol. The molecule has 0 saturated carbocycles. The van der Waals surface area contributed by atoms with Crippen molar-refractivity contribution < 1.29 is 4.74 Å². The monoisotopic (exact) mass is 294 g/mol. The van der Waals surface area contributed by atoms with E-state index in [-0.39, 0.29) is 0 Å². The van der Waals surface area contributed by atoms with Gasteiger partial charge >= 0.3 is 0 Å². The first-order valence-corrected chi connectivity index (χ1v) is 7.94. The molecule has 0 aromatic heterocycles. The van der Waals surface area contributed by atoms with Gasteiger partial charge in [0.05, 0.1) is 6.61 Å². The van der Waals surface area contributed by atoms with Crippen molar-refractivity contribution in [3.05, 3.63) is 70.3 Å². The lowest BCUT2D eigenvalue weighted by Gasteiger charge is -2.12. The molecule has 0 aliphatic carbocycles. The average molecular weight is 294 g/mol. The van der Waals surface area contributed by atoms with E-state index < -0.39 is 0 Å². The predicted molar refractivity (Wildman–Crippen MR) is 95.7 cm³/mol. The summed E-state index contributed by atoms with van der Waals surface area (Å²) in [6.45, 7) is 13.1. The van der Waals surface area contributed by atoms with Crippen molar-refractivity contribution in [2.24, 2.45) is 0 Å². The van der Waals surface area contributed by atoms with Crippen molar-refractivity contribution in [3.8, 4) is 5.75 Å². The van der Waals surface area contributed by atoms with Crippen molar-refractivity contribution in [1.29, 1.82) is 0 Å². The molecule has 116 valence electrons. The molecule has 0 atom stereocenters. The number of hydrogen-bond acceptors (Lipinski definition) is 1. The summed E-state index contributed by atoms with van der Waals surface area (Å²) in [4.78, 5) is 0. The highest BCUT2D eigenvalue weighted by molar-refractivity contribution is 5.57. The summed E-state index contributed by atoms with van der Waals surface area (Å²) < 4.78 is 5.93. The van der Waals surface area contributed by atoms with E-state index in [1.54, 1.807) is 0 Å². The zero-order valence-electron chi connectivity index (χ0n) is 14.2. The van der Waals surface area contributed by atoms with Crippen LogP contribution in [-0.4, -0.2) is 6.61 Å². The normalized spacial score (nSPS) is 10.5. The van der Waals surface area contributed by atoms with E-state index in [2.05, 4.69) is 64.6 Å². The van der Waals surface area contributed by atoms with E-state index >= 15 is 0 Å². The maximum atomic E-state index is 5.93. The SMILES string of the molecule is C=Cc1c(C)cc(CCCOc2cc(C)ccc2C)cc1C. The van der Waals surface area contributed by atoms with Gasteiger partial charge in [0.2, 0.25) is 0 Å². The summed E-state index contributed by atoms with van der Waals surface area (Å²) in [5.74, 6) is 1.01. The zero-order valence-corrected chi connectivity index (χ0v) is 14.2. The third kappa shape index (κ3) is 4.00. The van der Waals surface area contributed by atoms with Gasteiger partial charge in [-0.3, -0.25) is 0 Å². The Kier molecular flexibility index (Phi) is 5.43. The predicted octanol–water partition coefficient (Wildman–Crippen LogP) is 5.57. The highest BCUT2D eigenvalue weighted by Gasteiger charge is 2.03. The third-order valence-electron chi connectivity index (χ3n) is 4.07. The van der Waals surface area contributed by atoms with Crippen LogP contribution in [0.2, 0.25) is 0 Å². The van der Waals surface area contributed by atoms with Crippen molar-refractivity contribution in [3.63, 3.8) is 0 Å². The van der Waals surface area contributed by atoms with E-state index in [1.165, 1.54) is 33.4 Å². The van der Waals surface area contributed by atoms with Gasteiger partial charge in [-0.2, -0.15) is 0 Å². The van der Waals surface area contributed by atoms with Gasteiger partial charge in [-0.1, -0.05) is 36.9 Å². The third-order valence-corrected chi connectivity index (χ3v) is 4.07. The highest BCUT2D eigenvalue weighted by atomic mass is 16.5. The van der Waals surface area contributed by atoms with Gasteiger partial charge < -0.3 is 4.74 Å². The second-order valence-corrected chi connectivity index (χ2v) is 6.07. The number of aryl methyl sites for hydroxylation is 5. The molecule has 0 aliphatic rings. The molecule has 0 radical (unpaired) electrons. The van der Waals surface area contributed by atoms with Gasteiger partial charge in [-0.25, -0.2) is 0 Å². The van der Waals surface area contributed by atoms with Crippen LogP contribution < -0.4 is 4.74 Å². The molecule has 0 unspecified atom stereocenters. The molecular formula is C21H26O. The number of ether oxygens (including phenoxy) is 1. The number of rotatable bonds is 6. The smallest absolute Gasteiger partial charge is 0.122 e. The van der Waals surface area contributed by atoms with Crippen molar-refractivity contribution in [2.45, 2.75) is 40.5 Å². The Hall–Kier alpha value is -2.02. The van der Waals surface area contributed by atoms with E-state index in [9.17, 15) is 0 Å². The Morgan fingerprint density at radius 3 is 2.27 bits per heavy atom. The Bertz CT molecular complexity index is 645. The van der Waals surface area contributed by atoms with Crippen LogP contribution in [0.4, 0.5) is 0 Å². The molecule has 0 bridgehead atoms. The van der Waals surface area contributed by atoms with Crippen LogP contribution in [0.1, 0.15) is 39.8 Å². The minimum atomic E-state index is 0.756. The first-order chi connectivity index (χ1) is 10.5. The molecule has 0 spiro atoms. The molecule has 0 fully saturated rings. The summed E-state index contributed by atoms with van der Waals surface area (Å²) in [5.41, 5.74) is 7.70. The molecule has 0 N–H and O–H groups in total. The minimum absolute atomic E-state index is 0.756. The summed E-state index contributed by atoms with van der Waals surface area (Å²) in [5, 5.41) is 0. The lowest BCUT2D eigenvalue weighted by molar-refractivity contribution is 0.309. The minimum Gasteiger partial charge on any atom is -0.493 e. The fourth-order valence-corrected chi connectivity index (χ4v) is 2.85. The maximum Gasteiger partial charge on any atom is 0.122 e. The molecule has 0 amide bonds. The van der Waals surface area contributed by atoms with Gasteiger partial charge in [0.15, 0.2) is 0 Å². The van der Waals surface area contributed by atoms with E-state index in [4.69, 9.17) is 4.74 Å². The van der Waals surface area contributed by atoms with Gasteiger partial charge in [-0.15, -0.1) is 0 Å². The van der Waals surface area contributed by atoms with Gasteiger partial charge in [0.1, 0.15) is 5.75 Å². The van der Waals surface area contributed by atoms with Gasteiger partial charge in [0, 0.05) is 0 Å². The van der Waals surface area contributed by atoms with Crippen LogP contribution in [0, 0.1) is 27.7 Å². The second kappa shape index (κ2) is 7.31. The molecule has 0 aliphatic heterocycles. The Morgan fingerprint density at radius 1 is 0.955 bits per heavy atom. The molecule has 2 rings (SSSR count). The Balaban J connectivity index is 1.92. The zero-order chi connectivity index (χ0) is 16.1. The standard InChI is InChI=1S/C21H26O/c1-6-20-17(4)13-19(14-18(20)5)8-7-11-22-21-12-15(2)9-10-16(21)3/h6,9-10,12-14H,1,7-8,11H2,2-5H3. The van der Waals surface area contributed by atoms with Crippen molar-refractivity contribution in [2.75, 3.05) is 6.61 Å². The molecule has 2 aromatic rings. The number of hydrogen-bond donors (Lipinski definition) is 0. The maximum absolute atomic E-state index is 5.93. The van der Waals surface area contributed by atoms with Crippen LogP contribution in [0.5, 0.6) is 5.75 Å². The molecule has 2 aromatic carbocycles. The molecule has 0 saturated heterocycles. The Morgan fingerprint density at radius 2 is 1.64 bits per heavy atom. The topological polar surface area (TPSA) is 9.23 Å². The first-order valence-electron chi connectivity index (χ1n) is 7.94. The molecule has 22 heavy (non-hydrogen) atoms. The first kappa shape index (κ1) is 16.4. The Labute approximate surface area is 134 Å². The summed E-state index contributed by atoms with van der Waals surface area (Å²) in [7, 11) is 0. The fraction of sp³-hybridized carbons (Fsp3) is 0.333. The van der Waals surface area contributed by atoms with Gasteiger partial charge in [0.25, 0.3) is 0 Å². The van der Waals surface area contributed by atoms with Crippen molar-refractivity contribution in [1.82, 2.24) is 0 Å². The number of benzene rings is 2. The van der Waals surface area contributed by atoms with Crippen LogP contribution in [-0.2, 0) is 6.42 Å². The van der Waals surface area contributed by atoms with Gasteiger partial charge in [-0.05, 0) is 80.0 Å². The highest BCUT2D eigenvalue weighted by Crippen LogP contribution is 2.21. The lowest BCUT2D eigenvalue weighted by atomic mass is 9.97. The van der Waals surface area contributed by atoms with Crippen LogP contribution in [0.15, 0.2) is 36.9 Å². The van der Waals surface area contributed by atoms with E-state index in [1.807, 2.05) is 6.08 Å². The quantitative estimate of drug-likeness (QED) is 0.632. The average Bonchev–Trinajstić information content (AvgIpc) is 2.47. The van der Waals surface area contributed by atoms with Crippen molar-refractivity contribution >= 4 is 6.08 Å². The van der Waals surface area contributed by atoms with Crippen LogP contribution >= 0.6 is 0 Å². The lowest BCUT2D eigenvalue weighted by Crippen LogP contribution is -2.01. The van der Waals surface area contributed by atoms with E-state index in [0.29, 0.717) is 0 Å².